The van der Waals surface area contributed by atoms with Crippen molar-refractivity contribution in [3.63, 3.8) is 0 Å². The van der Waals surface area contributed by atoms with Gasteiger partial charge >= 0.3 is 5.97 Å². The molecule has 0 saturated carbocycles. The first-order chi connectivity index (χ1) is 19.3. The molecule has 1 atom stereocenters. The number of fused-ring (bicyclic) bond motifs is 1. The van der Waals surface area contributed by atoms with Crippen LogP contribution in [0.4, 0.5) is 0 Å². The molecule has 40 heavy (non-hydrogen) atoms. The third kappa shape index (κ3) is 5.50. The van der Waals surface area contributed by atoms with E-state index in [4.69, 9.17) is 25.8 Å². The Morgan fingerprint density at radius 1 is 1.12 bits per heavy atom. The molecule has 2 heterocycles. The Labute approximate surface area is 247 Å². The zero-order chi connectivity index (χ0) is 28.4. The van der Waals surface area contributed by atoms with Crippen LogP contribution in [0.3, 0.4) is 0 Å². The molecule has 1 aromatic heterocycles. The summed E-state index contributed by atoms with van der Waals surface area (Å²) in [5.41, 5.74) is 2.98. The molecule has 0 bridgehead atoms. The summed E-state index contributed by atoms with van der Waals surface area (Å²) >= 11 is 11.0. The Morgan fingerprint density at radius 2 is 1.85 bits per heavy atom. The predicted molar refractivity (Wildman–Crippen MR) is 159 cm³/mol. The summed E-state index contributed by atoms with van der Waals surface area (Å²) < 4.78 is 19.4. The fourth-order valence-electron chi connectivity index (χ4n) is 4.50. The van der Waals surface area contributed by atoms with Gasteiger partial charge < -0.3 is 14.2 Å². The van der Waals surface area contributed by atoms with Crippen molar-refractivity contribution >= 4 is 50.9 Å². The molecule has 7 nitrogen and oxygen atoms in total. The number of hydrogen-bond acceptors (Lipinski definition) is 7. The lowest BCUT2D eigenvalue weighted by molar-refractivity contribution is -0.136. The van der Waals surface area contributed by atoms with Gasteiger partial charge in [0, 0.05) is 5.02 Å². The number of nitrogens with zero attached hydrogens (tertiary/aromatic N) is 2. The molecule has 4 aromatic rings. The summed E-state index contributed by atoms with van der Waals surface area (Å²) in [5.74, 6) is 0.536. The smallest absolute Gasteiger partial charge is 0.338 e. The van der Waals surface area contributed by atoms with E-state index in [1.807, 2.05) is 42.5 Å². The van der Waals surface area contributed by atoms with Crippen LogP contribution in [0.2, 0.25) is 5.02 Å². The van der Waals surface area contributed by atoms with E-state index in [9.17, 15) is 9.59 Å². The Bertz CT molecular complexity index is 1800. The SMILES string of the molecule is COC(=O)C1=C(C)N=c2s/c(=C\c3cc(Br)c(OCc4ccccc4)c(OC)c3)c(=O)n2[C@@H]1c1ccc(Cl)cc1. The van der Waals surface area contributed by atoms with Crippen LogP contribution in [-0.4, -0.2) is 24.8 Å². The molecule has 3 aromatic carbocycles. The summed E-state index contributed by atoms with van der Waals surface area (Å²) in [6.45, 7) is 2.11. The average molecular weight is 640 g/mol. The van der Waals surface area contributed by atoms with Crippen molar-refractivity contribution in [1.29, 1.82) is 0 Å². The number of carbonyl (C=O) groups is 1. The second kappa shape index (κ2) is 11.8. The van der Waals surface area contributed by atoms with Gasteiger partial charge in [-0.25, -0.2) is 9.79 Å². The van der Waals surface area contributed by atoms with Gasteiger partial charge in [0.15, 0.2) is 16.3 Å². The van der Waals surface area contributed by atoms with Crippen LogP contribution in [0.1, 0.15) is 29.7 Å². The largest absolute Gasteiger partial charge is 0.493 e. The van der Waals surface area contributed by atoms with Crippen LogP contribution in [0.25, 0.3) is 6.08 Å². The topological polar surface area (TPSA) is 79.1 Å². The molecule has 0 fully saturated rings. The first-order valence-electron chi connectivity index (χ1n) is 12.2. The van der Waals surface area contributed by atoms with Crippen molar-refractivity contribution in [2.45, 2.75) is 19.6 Å². The molecular formula is C30H24BrClN2O5S. The highest BCUT2D eigenvalue weighted by Crippen LogP contribution is 2.37. The Balaban J connectivity index is 1.59. The summed E-state index contributed by atoms with van der Waals surface area (Å²) in [6.07, 6.45) is 1.77. The fraction of sp³-hybridized carbons (Fsp3) is 0.167. The third-order valence-corrected chi connectivity index (χ3v) is 8.21. The van der Waals surface area contributed by atoms with Crippen LogP contribution in [-0.2, 0) is 16.1 Å². The van der Waals surface area contributed by atoms with Crippen LogP contribution in [0.5, 0.6) is 11.5 Å². The lowest BCUT2D eigenvalue weighted by atomic mass is 9.96. The zero-order valence-electron chi connectivity index (χ0n) is 21.8. The van der Waals surface area contributed by atoms with E-state index in [0.717, 1.165) is 16.7 Å². The zero-order valence-corrected chi connectivity index (χ0v) is 25.0. The minimum Gasteiger partial charge on any atom is -0.493 e. The number of methoxy groups -OCH3 is 2. The van der Waals surface area contributed by atoms with Gasteiger partial charge in [-0.15, -0.1) is 0 Å². The number of aromatic nitrogens is 1. The van der Waals surface area contributed by atoms with Gasteiger partial charge in [0.05, 0.1) is 40.5 Å². The molecule has 0 radical (unpaired) electrons. The summed E-state index contributed by atoms with van der Waals surface area (Å²) in [6, 6.07) is 19.8. The van der Waals surface area contributed by atoms with E-state index < -0.39 is 12.0 Å². The Kier molecular flexibility index (Phi) is 8.25. The van der Waals surface area contributed by atoms with Gasteiger partial charge in [-0.3, -0.25) is 9.36 Å². The number of esters is 1. The lowest BCUT2D eigenvalue weighted by Crippen LogP contribution is -2.39. The highest BCUT2D eigenvalue weighted by molar-refractivity contribution is 9.10. The van der Waals surface area contributed by atoms with Gasteiger partial charge in [0.2, 0.25) is 0 Å². The number of carbonyl (C=O) groups excluding carboxylic acids is 1. The van der Waals surface area contributed by atoms with E-state index in [-0.39, 0.29) is 5.56 Å². The number of allylic oxidation sites excluding steroid dienone is 1. The molecular weight excluding hydrogens is 616 g/mol. The third-order valence-electron chi connectivity index (χ3n) is 6.39. The van der Waals surface area contributed by atoms with Crippen molar-refractivity contribution in [1.82, 2.24) is 4.57 Å². The van der Waals surface area contributed by atoms with Crippen LogP contribution in [0, 0.1) is 0 Å². The molecule has 5 rings (SSSR count). The van der Waals surface area contributed by atoms with Crippen LogP contribution < -0.4 is 24.4 Å². The number of halogens is 2. The van der Waals surface area contributed by atoms with E-state index >= 15 is 0 Å². The first kappa shape index (κ1) is 27.9. The van der Waals surface area contributed by atoms with Crippen molar-refractivity contribution in [3.05, 3.63) is 124 Å². The second-order valence-electron chi connectivity index (χ2n) is 8.93. The van der Waals surface area contributed by atoms with Gasteiger partial charge in [-0.05, 0) is 69.9 Å². The highest BCUT2D eigenvalue weighted by Gasteiger charge is 2.33. The van der Waals surface area contributed by atoms with Gasteiger partial charge in [0.1, 0.15) is 6.61 Å². The van der Waals surface area contributed by atoms with Gasteiger partial charge in [0.25, 0.3) is 5.56 Å². The molecule has 0 amide bonds. The van der Waals surface area contributed by atoms with E-state index in [1.165, 1.54) is 23.0 Å². The minimum atomic E-state index is -0.710. The molecule has 0 unspecified atom stereocenters. The van der Waals surface area contributed by atoms with Crippen molar-refractivity contribution in [2.75, 3.05) is 14.2 Å². The average Bonchev–Trinajstić information content (AvgIpc) is 3.25. The van der Waals surface area contributed by atoms with Gasteiger partial charge in [-0.2, -0.15) is 0 Å². The monoisotopic (exact) mass is 638 g/mol. The summed E-state index contributed by atoms with van der Waals surface area (Å²) in [5, 5.41) is 0.548. The molecule has 0 N–H and O–H groups in total. The number of benzene rings is 3. The summed E-state index contributed by atoms with van der Waals surface area (Å²) in [4.78, 5) is 31.7. The second-order valence-corrected chi connectivity index (χ2v) is 11.2. The van der Waals surface area contributed by atoms with Crippen LogP contribution >= 0.6 is 38.9 Å². The molecule has 204 valence electrons. The van der Waals surface area contributed by atoms with Crippen molar-refractivity contribution in [2.24, 2.45) is 4.99 Å². The maximum atomic E-state index is 13.8. The molecule has 1 aliphatic rings. The Hall–Kier alpha value is -3.66. The van der Waals surface area contributed by atoms with Gasteiger partial charge in [-0.1, -0.05) is 65.4 Å². The Morgan fingerprint density at radius 3 is 2.52 bits per heavy atom. The van der Waals surface area contributed by atoms with E-state index in [0.29, 0.717) is 48.2 Å². The molecule has 10 heteroatoms. The molecule has 0 aliphatic carbocycles. The van der Waals surface area contributed by atoms with Crippen LogP contribution in [0.15, 0.2) is 92.3 Å². The predicted octanol–water partition coefficient (Wildman–Crippen LogP) is 5.41. The number of rotatable bonds is 7. The molecule has 1 aliphatic heterocycles. The normalized spacial score (nSPS) is 14.9. The molecule has 0 saturated heterocycles. The first-order valence-corrected chi connectivity index (χ1v) is 14.2. The maximum absolute atomic E-state index is 13.8. The minimum absolute atomic E-state index is 0.280. The lowest BCUT2D eigenvalue weighted by Gasteiger charge is -2.24. The summed E-state index contributed by atoms with van der Waals surface area (Å²) in [7, 11) is 2.88. The number of thiazole rings is 1. The highest BCUT2D eigenvalue weighted by atomic mass is 79.9. The molecule has 0 spiro atoms. The standard InChI is InChI=1S/C30H24BrClN2O5S/c1-17-25(29(36)38-3)26(20-9-11-21(32)12-10-20)34-28(35)24(40-30(34)33-17)15-19-13-22(31)27(23(14-19)37-2)39-16-18-7-5-4-6-8-18/h4-15,26H,16H2,1-3H3/b24-15-/t26-/m1/s1. The number of hydrogen-bond donors (Lipinski definition) is 0. The van der Waals surface area contributed by atoms with E-state index in [1.54, 1.807) is 44.4 Å². The van der Waals surface area contributed by atoms with Crippen molar-refractivity contribution in [3.8, 4) is 11.5 Å². The van der Waals surface area contributed by atoms with Crippen molar-refractivity contribution < 1.29 is 19.0 Å². The quantitative estimate of drug-likeness (QED) is 0.253. The number of ether oxygens (including phenoxy) is 3. The maximum Gasteiger partial charge on any atom is 0.338 e. The van der Waals surface area contributed by atoms with E-state index in [2.05, 4.69) is 20.9 Å². The fourth-order valence-corrected chi connectivity index (χ4v) is 6.24.